The second-order valence-corrected chi connectivity index (χ2v) is 6.88. The van der Waals surface area contributed by atoms with E-state index >= 15 is 0 Å². The van der Waals surface area contributed by atoms with Gasteiger partial charge in [0.25, 0.3) is 0 Å². The van der Waals surface area contributed by atoms with Crippen LogP contribution in [0.15, 0.2) is 4.99 Å². The molecule has 0 aliphatic heterocycles. The van der Waals surface area contributed by atoms with E-state index in [9.17, 15) is 0 Å². The Labute approximate surface area is 130 Å². The summed E-state index contributed by atoms with van der Waals surface area (Å²) in [5.41, 5.74) is 0. The predicted octanol–water partition coefficient (Wildman–Crippen LogP) is 2.79. The first-order valence-corrected chi connectivity index (χ1v) is 8.80. The number of aliphatic imine (C=N–C) groups is 1. The van der Waals surface area contributed by atoms with Crippen molar-refractivity contribution in [1.82, 2.24) is 10.6 Å². The molecular weight excluding hydrogens is 262 g/mol. The van der Waals surface area contributed by atoms with Crippen LogP contribution in [0.25, 0.3) is 0 Å². The van der Waals surface area contributed by atoms with Gasteiger partial charge in [-0.15, -0.1) is 0 Å². The van der Waals surface area contributed by atoms with E-state index in [4.69, 9.17) is 4.74 Å². The third-order valence-corrected chi connectivity index (χ3v) is 4.73. The van der Waals surface area contributed by atoms with Gasteiger partial charge < -0.3 is 15.4 Å². The van der Waals surface area contributed by atoms with Crippen molar-refractivity contribution in [3.63, 3.8) is 0 Å². The van der Waals surface area contributed by atoms with Crippen molar-refractivity contribution in [1.29, 1.82) is 0 Å². The van der Waals surface area contributed by atoms with Gasteiger partial charge in [-0.3, -0.25) is 4.99 Å². The molecule has 0 heterocycles. The molecule has 0 aromatic rings. The van der Waals surface area contributed by atoms with E-state index < -0.39 is 0 Å². The second-order valence-electron chi connectivity index (χ2n) is 6.88. The zero-order valence-electron chi connectivity index (χ0n) is 13.9. The Morgan fingerprint density at radius 3 is 2.43 bits per heavy atom. The molecule has 2 fully saturated rings. The fourth-order valence-electron chi connectivity index (χ4n) is 2.91. The maximum Gasteiger partial charge on any atom is 0.190 e. The Hall–Kier alpha value is -0.770. The van der Waals surface area contributed by atoms with Crippen molar-refractivity contribution < 1.29 is 4.74 Å². The topological polar surface area (TPSA) is 45.7 Å². The van der Waals surface area contributed by atoms with E-state index in [1.165, 1.54) is 38.5 Å². The molecule has 0 unspecified atom stereocenters. The summed E-state index contributed by atoms with van der Waals surface area (Å²) in [7, 11) is 1.85. The molecule has 4 heteroatoms. The van der Waals surface area contributed by atoms with Crippen LogP contribution in [0.4, 0.5) is 0 Å². The largest absolute Gasteiger partial charge is 0.381 e. The predicted molar refractivity (Wildman–Crippen MR) is 88.6 cm³/mol. The van der Waals surface area contributed by atoms with Crippen LogP contribution in [0.3, 0.4) is 0 Å². The number of guanidine groups is 1. The summed E-state index contributed by atoms with van der Waals surface area (Å²) in [6, 6.07) is 0. The first-order chi connectivity index (χ1) is 10.3. The maximum absolute atomic E-state index is 5.64. The first kappa shape index (κ1) is 16.6. The van der Waals surface area contributed by atoms with Gasteiger partial charge in [0.2, 0.25) is 0 Å². The van der Waals surface area contributed by atoms with E-state index in [1.54, 1.807) is 0 Å². The van der Waals surface area contributed by atoms with E-state index in [1.807, 2.05) is 7.05 Å². The van der Waals surface area contributed by atoms with Gasteiger partial charge in [0.05, 0.1) is 0 Å². The molecule has 2 aliphatic rings. The van der Waals surface area contributed by atoms with Gasteiger partial charge in [0.15, 0.2) is 5.96 Å². The van der Waals surface area contributed by atoms with Crippen LogP contribution in [0.5, 0.6) is 0 Å². The maximum atomic E-state index is 5.64. The average molecular weight is 295 g/mol. The van der Waals surface area contributed by atoms with Gasteiger partial charge in [0.1, 0.15) is 0 Å². The van der Waals surface area contributed by atoms with Gasteiger partial charge in [-0.25, -0.2) is 0 Å². The van der Waals surface area contributed by atoms with Gasteiger partial charge >= 0.3 is 0 Å². The molecule has 2 N–H and O–H groups in total. The SMILES string of the molecule is CN=C(NCCCOCC1CC1)NCC1CCC(C)CC1. The first-order valence-electron chi connectivity index (χ1n) is 8.80. The zero-order chi connectivity index (χ0) is 14.9. The number of hydrogen-bond acceptors (Lipinski definition) is 2. The van der Waals surface area contributed by atoms with Crippen molar-refractivity contribution in [3.05, 3.63) is 0 Å². The molecule has 21 heavy (non-hydrogen) atoms. The van der Waals surface area contributed by atoms with E-state index in [0.717, 1.165) is 56.4 Å². The van der Waals surface area contributed by atoms with E-state index in [-0.39, 0.29) is 0 Å². The summed E-state index contributed by atoms with van der Waals surface area (Å²) >= 11 is 0. The van der Waals surface area contributed by atoms with Crippen LogP contribution in [-0.2, 0) is 4.74 Å². The molecule has 0 bridgehead atoms. The van der Waals surface area contributed by atoms with Crippen LogP contribution in [0.1, 0.15) is 51.9 Å². The minimum absolute atomic E-state index is 0.821. The highest BCUT2D eigenvalue weighted by Crippen LogP contribution is 2.28. The summed E-state index contributed by atoms with van der Waals surface area (Å²) in [4.78, 5) is 4.30. The standard InChI is InChI=1S/C17H33N3O/c1-14-4-6-15(7-5-14)12-20-17(18-2)19-10-3-11-21-13-16-8-9-16/h14-16H,3-13H2,1-2H3,(H2,18,19,20). The summed E-state index contributed by atoms with van der Waals surface area (Å²) in [5, 5.41) is 6.85. The molecule has 0 aromatic carbocycles. The van der Waals surface area contributed by atoms with Crippen molar-refractivity contribution >= 4 is 5.96 Å². The quantitative estimate of drug-likeness (QED) is 0.411. The molecular formula is C17H33N3O. The van der Waals surface area contributed by atoms with Crippen LogP contribution in [-0.4, -0.2) is 39.3 Å². The molecule has 0 radical (unpaired) electrons. The third-order valence-electron chi connectivity index (χ3n) is 4.73. The Morgan fingerprint density at radius 2 is 1.76 bits per heavy atom. The summed E-state index contributed by atoms with van der Waals surface area (Å²) in [6.45, 7) is 6.19. The molecule has 0 aromatic heterocycles. The van der Waals surface area contributed by atoms with Crippen LogP contribution >= 0.6 is 0 Å². The molecule has 2 saturated carbocycles. The number of rotatable bonds is 8. The average Bonchev–Trinajstić information content (AvgIpc) is 3.31. The van der Waals surface area contributed by atoms with Crippen molar-refractivity contribution in [2.24, 2.45) is 22.7 Å². The molecule has 4 nitrogen and oxygen atoms in total. The normalized spacial score (nSPS) is 26.7. The third kappa shape index (κ3) is 7.16. The number of nitrogens with one attached hydrogen (secondary N) is 2. The lowest BCUT2D eigenvalue weighted by Gasteiger charge is -2.26. The smallest absolute Gasteiger partial charge is 0.190 e. The van der Waals surface area contributed by atoms with Gasteiger partial charge in [-0.2, -0.15) is 0 Å². The minimum atomic E-state index is 0.821. The lowest BCUT2D eigenvalue weighted by atomic mass is 9.83. The highest BCUT2D eigenvalue weighted by atomic mass is 16.5. The molecule has 0 saturated heterocycles. The highest BCUT2D eigenvalue weighted by molar-refractivity contribution is 5.79. The van der Waals surface area contributed by atoms with E-state index in [0.29, 0.717) is 0 Å². The molecule has 122 valence electrons. The van der Waals surface area contributed by atoms with Crippen LogP contribution < -0.4 is 10.6 Å². The number of nitrogens with zero attached hydrogens (tertiary/aromatic N) is 1. The van der Waals surface area contributed by atoms with Crippen molar-refractivity contribution in [2.75, 3.05) is 33.4 Å². The summed E-state index contributed by atoms with van der Waals surface area (Å²) in [6.07, 6.45) is 9.28. The van der Waals surface area contributed by atoms with Crippen LogP contribution in [0, 0.1) is 17.8 Å². The molecule has 2 rings (SSSR count). The van der Waals surface area contributed by atoms with Crippen molar-refractivity contribution in [2.45, 2.75) is 51.9 Å². The van der Waals surface area contributed by atoms with Gasteiger partial charge in [-0.1, -0.05) is 19.8 Å². The number of ether oxygens (including phenoxy) is 1. The van der Waals surface area contributed by atoms with Gasteiger partial charge in [-0.05, 0) is 49.9 Å². The fraction of sp³-hybridized carbons (Fsp3) is 0.941. The van der Waals surface area contributed by atoms with E-state index in [2.05, 4.69) is 22.5 Å². The summed E-state index contributed by atoms with van der Waals surface area (Å²) < 4.78 is 5.64. The fourth-order valence-corrected chi connectivity index (χ4v) is 2.91. The van der Waals surface area contributed by atoms with Crippen LogP contribution in [0.2, 0.25) is 0 Å². The van der Waals surface area contributed by atoms with Gasteiger partial charge in [0, 0.05) is 33.4 Å². The Morgan fingerprint density at radius 1 is 1.05 bits per heavy atom. The summed E-state index contributed by atoms with van der Waals surface area (Å²) in [5.74, 6) is 3.55. The molecule has 0 atom stereocenters. The zero-order valence-corrected chi connectivity index (χ0v) is 13.9. The Balaban J connectivity index is 1.47. The Bertz CT molecular complexity index is 307. The Kier molecular flexibility index (Phi) is 7.34. The second kappa shape index (κ2) is 9.29. The molecule has 2 aliphatic carbocycles. The lowest BCUT2D eigenvalue weighted by molar-refractivity contribution is 0.123. The minimum Gasteiger partial charge on any atom is -0.381 e. The monoisotopic (exact) mass is 295 g/mol. The lowest BCUT2D eigenvalue weighted by Crippen LogP contribution is -2.40. The number of hydrogen-bond donors (Lipinski definition) is 2. The molecule has 0 spiro atoms. The van der Waals surface area contributed by atoms with Crippen molar-refractivity contribution in [3.8, 4) is 0 Å². The molecule has 0 amide bonds. The highest BCUT2D eigenvalue weighted by Gasteiger charge is 2.21.